The van der Waals surface area contributed by atoms with E-state index in [1.807, 2.05) is 12.3 Å². The molecule has 0 aliphatic carbocycles. The molecule has 0 aromatic carbocycles. The van der Waals surface area contributed by atoms with Gasteiger partial charge in [-0.3, -0.25) is 14.7 Å². The number of guanidine groups is 1. The Labute approximate surface area is 172 Å². The highest BCUT2D eigenvalue weighted by Gasteiger charge is 2.21. The second-order valence-corrected chi connectivity index (χ2v) is 7.53. The minimum Gasteiger partial charge on any atom is -0.358 e. The summed E-state index contributed by atoms with van der Waals surface area (Å²) in [6, 6.07) is 4.50. The van der Waals surface area contributed by atoms with Crippen LogP contribution in [0.25, 0.3) is 5.65 Å². The number of aryl methyl sites for hydroxylation is 1. The lowest BCUT2D eigenvalue weighted by Crippen LogP contribution is -2.50. The fourth-order valence-corrected chi connectivity index (χ4v) is 3.64. The predicted octanol–water partition coefficient (Wildman–Crippen LogP) is 0.951. The second-order valence-electron chi connectivity index (χ2n) is 7.53. The van der Waals surface area contributed by atoms with Crippen molar-refractivity contribution in [1.82, 2.24) is 30.2 Å². The standard InChI is InChI=1S/C21H33N7O/c1-4-23-21(26-17-8-12-27(13-9-17)15-19(29)22-3)24-10-7-18-14-28-11-5-6-16(2)20(28)25-18/h5-6,11,14,17H,4,7-10,12-13,15H2,1-3H3,(H,22,29)(H2,23,24,26). The van der Waals surface area contributed by atoms with E-state index in [1.54, 1.807) is 7.05 Å². The highest BCUT2D eigenvalue weighted by atomic mass is 16.1. The van der Waals surface area contributed by atoms with E-state index in [4.69, 9.17) is 9.98 Å². The molecule has 0 unspecified atom stereocenters. The van der Waals surface area contributed by atoms with Crippen molar-refractivity contribution in [2.75, 3.05) is 39.8 Å². The number of fused-ring (bicyclic) bond motifs is 1. The molecule has 0 radical (unpaired) electrons. The van der Waals surface area contributed by atoms with Gasteiger partial charge in [0.2, 0.25) is 5.91 Å². The first-order chi connectivity index (χ1) is 14.1. The number of likely N-dealkylation sites (tertiary alicyclic amines) is 1. The minimum atomic E-state index is 0.0773. The molecule has 1 amide bonds. The van der Waals surface area contributed by atoms with E-state index in [9.17, 15) is 4.79 Å². The van der Waals surface area contributed by atoms with Crippen LogP contribution >= 0.6 is 0 Å². The Morgan fingerprint density at radius 3 is 2.83 bits per heavy atom. The van der Waals surface area contributed by atoms with Gasteiger partial charge >= 0.3 is 0 Å². The van der Waals surface area contributed by atoms with Gasteiger partial charge in [0.15, 0.2) is 5.96 Å². The van der Waals surface area contributed by atoms with Gasteiger partial charge in [-0.25, -0.2) is 4.98 Å². The maximum Gasteiger partial charge on any atom is 0.233 e. The van der Waals surface area contributed by atoms with Gasteiger partial charge in [0.05, 0.1) is 12.2 Å². The van der Waals surface area contributed by atoms with Crippen molar-refractivity contribution in [2.45, 2.75) is 39.2 Å². The van der Waals surface area contributed by atoms with Crippen LogP contribution in [0.2, 0.25) is 0 Å². The molecule has 0 spiro atoms. The highest BCUT2D eigenvalue weighted by molar-refractivity contribution is 5.80. The molecular weight excluding hydrogens is 366 g/mol. The van der Waals surface area contributed by atoms with E-state index in [0.717, 1.165) is 56.2 Å². The van der Waals surface area contributed by atoms with Crippen LogP contribution in [-0.4, -0.2) is 72.0 Å². The number of likely N-dealkylation sites (N-methyl/N-ethyl adjacent to an activating group) is 1. The van der Waals surface area contributed by atoms with Gasteiger partial charge in [0.1, 0.15) is 5.65 Å². The molecule has 29 heavy (non-hydrogen) atoms. The topological polar surface area (TPSA) is 86.1 Å². The van der Waals surface area contributed by atoms with E-state index >= 15 is 0 Å². The number of pyridine rings is 1. The Balaban J connectivity index is 1.50. The summed E-state index contributed by atoms with van der Waals surface area (Å²) >= 11 is 0. The number of piperidine rings is 1. The molecule has 8 nitrogen and oxygen atoms in total. The largest absolute Gasteiger partial charge is 0.358 e. The quantitative estimate of drug-likeness (QED) is 0.477. The summed E-state index contributed by atoms with van der Waals surface area (Å²) in [4.78, 5) is 23.2. The van der Waals surface area contributed by atoms with Crippen molar-refractivity contribution in [3.05, 3.63) is 35.8 Å². The maximum atomic E-state index is 11.5. The smallest absolute Gasteiger partial charge is 0.233 e. The Morgan fingerprint density at radius 2 is 2.14 bits per heavy atom. The average Bonchev–Trinajstić information content (AvgIpc) is 3.14. The molecule has 2 aromatic heterocycles. The molecule has 158 valence electrons. The highest BCUT2D eigenvalue weighted by Crippen LogP contribution is 2.11. The van der Waals surface area contributed by atoms with Crippen LogP contribution in [0.1, 0.15) is 31.0 Å². The third-order valence-electron chi connectivity index (χ3n) is 5.28. The van der Waals surface area contributed by atoms with Crippen LogP contribution in [-0.2, 0) is 11.2 Å². The van der Waals surface area contributed by atoms with Gasteiger partial charge in [-0.05, 0) is 38.3 Å². The van der Waals surface area contributed by atoms with Gasteiger partial charge in [-0.15, -0.1) is 0 Å². The summed E-state index contributed by atoms with van der Waals surface area (Å²) in [5.41, 5.74) is 3.25. The molecule has 0 atom stereocenters. The first kappa shape index (κ1) is 21.1. The summed E-state index contributed by atoms with van der Waals surface area (Å²) in [6.07, 6.45) is 6.94. The molecule has 1 fully saturated rings. The molecule has 1 saturated heterocycles. The number of hydrogen-bond donors (Lipinski definition) is 3. The van der Waals surface area contributed by atoms with Crippen LogP contribution in [0, 0.1) is 6.92 Å². The Morgan fingerprint density at radius 1 is 1.34 bits per heavy atom. The summed E-state index contributed by atoms with van der Waals surface area (Å²) in [7, 11) is 1.68. The second kappa shape index (κ2) is 10.2. The third kappa shape index (κ3) is 5.93. The number of carbonyl (C=O) groups excluding carboxylic acids is 1. The summed E-state index contributed by atoms with van der Waals surface area (Å²) < 4.78 is 2.07. The Kier molecular flexibility index (Phi) is 7.46. The zero-order valence-corrected chi connectivity index (χ0v) is 17.7. The SMILES string of the molecule is CCNC(=NCCc1cn2cccc(C)c2n1)NC1CCN(CC(=O)NC)CC1. The van der Waals surface area contributed by atoms with Gasteiger partial charge < -0.3 is 20.4 Å². The molecule has 3 N–H and O–H groups in total. The summed E-state index contributed by atoms with van der Waals surface area (Å²) in [6.45, 7) is 8.00. The monoisotopic (exact) mass is 399 g/mol. The van der Waals surface area contributed by atoms with Crippen molar-refractivity contribution < 1.29 is 4.79 Å². The summed E-state index contributed by atoms with van der Waals surface area (Å²) in [5, 5.41) is 9.58. The molecule has 2 aromatic rings. The minimum absolute atomic E-state index is 0.0773. The molecule has 1 aliphatic heterocycles. The molecular formula is C21H33N7O. The fourth-order valence-electron chi connectivity index (χ4n) is 3.64. The van der Waals surface area contributed by atoms with E-state index in [-0.39, 0.29) is 5.91 Å². The van der Waals surface area contributed by atoms with Gasteiger partial charge in [-0.1, -0.05) is 6.07 Å². The van der Waals surface area contributed by atoms with Crippen LogP contribution in [0.3, 0.4) is 0 Å². The number of hydrogen-bond acceptors (Lipinski definition) is 4. The van der Waals surface area contributed by atoms with Crippen molar-refractivity contribution >= 4 is 17.5 Å². The molecule has 0 bridgehead atoms. The average molecular weight is 400 g/mol. The Hall–Kier alpha value is -2.61. The van der Waals surface area contributed by atoms with Crippen molar-refractivity contribution in [1.29, 1.82) is 0 Å². The van der Waals surface area contributed by atoms with E-state index in [0.29, 0.717) is 19.1 Å². The normalized spacial score (nSPS) is 16.2. The lowest BCUT2D eigenvalue weighted by atomic mass is 10.1. The fraction of sp³-hybridized carbons (Fsp3) is 0.571. The van der Waals surface area contributed by atoms with Crippen LogP contribution in [0.5, 0.6) is 0 Å². The first-order valence-electron chi connectivity index (χ1n) is 10.5. The number of aromatic nitrogens is 2. The number of carbonyl (C=O) groups is 1. The third-order valence-corrected chi connectivity index (χ3v) is 5.28. The number of aliphatic imine (C=N–C) groups is 1. The Bertz CT molecular complexity index is 837. The number of rotatable bonds is 7. The molecule has 3 heterocycles. The lowest BCUT2D eigenvalue weighted by Gasteiger charge is -2.32. The predicted molar refractivity (Wildman–Crippen MR) is 116 cm³/mol. The van der Waals surface area contributed by atoms with Crippen LogP contribution in [0.15, 0.2) is 29.5 Å². The van der Waals surface area contributed by atoms with Gasteiger partial charge in [0.25, 0.3) is 0 Å². The zero-order valence-electron chi connectivity index (χ0n) is 17.7. The number of nitrogens with one attached hydrogen (secondary N) is 3. The van der Waals surface area contributed by atoms with Gasteiger partial charge in [0, 0.05) is 58.1 Å². The van der Waals surface area contributed by atoms with Crippen molar-refractivity contribution in [2.24, 2.45) is 4.99 Å². The number of nitrogens with zero attached hydrogens (tertiary/aromatic N) is 4. The maximum absolute atomic E-state index is 11.5. The number of imidazole rings is 1. The molecule has 8 heteroatoms. The van der Waals surface area contributed by atoms with Crippen molar-refractivity contribution in [3.8, 4) is 0 Å². The van der Waals surface area contributed by atoms with Gasteiger partial charge in [-0.2, -0.15) is 0 Å². The zero-order chi connectivity index (χ0) is 20.6. The van der Waals surface area contributed by atoms with E-state index in [2.05, 4.69) is 51.4 Å². The van der Waals surface area contributed by atoms with E-state index < -0.39 is 0 Å². The first-order valence-corrected chi connectivity index (χ1v) is 10.5. The molecule has 3 rings (SSSR count). The molecule has 0 saturated carbocycles. The number of amides is 1. The lowest BCUT2D eigenvalue weighted by molar-refractivity contribution is -0.122. The van der Waals surface area contributed by atoms with Crippen LogP contribution in [0.4, 0.5) is 0 Å². The summed E-state index contributed by atoms with van der Waals surface area (Å²) in [5.74, 6) is 0.936. The van der Waals surface area contributed by atoms with E-state index in [1.165, 1.54) is 5.56 Å². The van der Waals surface area contributed by atoms with Crippen molar-refractivity contribution in [3.63, 3.8) is 0 Å². The molecule has 1 aliphatic rings. The van der Waals surface area contributed by atoms with Crippen LogP contribution < -0.4 is 16.0 Å².